The van der Waals surface area contributed by atoms with Crippen LogP contribution in [0.25, 0.3) is 6.08 Å². The van der Waals surface area contributed by atoms with Crippen molar-refractivity contribution in [2.45, 2.75) is 32.1 Å². The zero-order valence-electron chi connectivity index (χ0n) is 14.2. The van der Waals surface area contributed by atoms with Crippen molar-refractivity contribution in [1.29, 1.82) is 0 Å². The quantitative estimate of drug-likeness (QED) is 0.860. The van der Waals surface area contributed by atoms with Crippen LogP contribution in [-0.2, 0) is 11.2 Å². The number of ether oxygens (including phenoxy) is 1. The third-order valence-electron chi connectivity index (χ3n) is 4.53. The topological polar surface area (TPSA) is 38.3 Å². The van der Waals surface area contributed by atoms with Crippen molar-refractivity contribution in [1.82, 2.24) is 0 Å². The van der Waals surface area contributed by atoms with E-state index in [2.05, 4.69) is 29.6 Å². The van der Waals surface area contributed by atoms with E-state index in [1.54, 1.807) is 7.11 Å². The number of hydrogen-bond acceptors (Lipinski definition) is 2. The van der Waals surface area contributed by atoms with Gasteiger partial charge in [-0.25, -0.2) is 0 Å². The summed E-state index contributed by atoms with van der Waals surface area (Å²) in [5, 5.41) is 3.06. The summed E-state index contributed by atoms with van der Waals surface area (Å²) in [5.74, 6) is 0.530. The van der Waals surface area contributed by atoms with Crippen LogP contribution in [0.1, 0.15) is 42.4 Å². The maximum absolute atomic E-state index is 12.8. The molecule has 1 amide bonds. The van der Waals surface area contributed by atoms with E-state index in [1.165, 1.54) is 11.1 Å². The summed E-state index contributed by atoms with van der Waals surface area (Å²) in [6.07, 6.45) is 7.18. The number of nitrogens with one attached hydrogen (secondary N) is 1. The molecular formula is C21H23NO2. The van der Waals surface area contributed by atoms with Gasteiger partial charge in [0.25, 0.3) is 0 Å². The maximum Gasteiger partial charge on any atom is 0.232 e. The van der Waals surface area contributed by atoms with Crippen molar-refractivity contribution < 1.29 is 9.53 Å². The van der Waals surface area contributed by atoms with Crippen molar-refractivity contribution in [3.63, 3.8) is 0 Å². The van der Waals surface area contributed by atoms with Gasteiger partial charge in [-0.2, -0.15) is 0 Å². The molecule has 1 aliphatic rings. The van der Waals surface area contributed by atoms with E-state index in [0.717, 1.165) is 36.3 Å². The van der Waals surface area contributed by atoms with Gasteiger partial charge in [-0.15, -0.1) is 0 Å². The Morgan fingerprint density at radius 3 is 2.88 bits per heavy atom. The summed E-state index contributed by atoms with van der Waals surface area (Å²) >= 11 is 0. The molecule has 0 spiro atoms. The Morgan fingerprint density at radius 2 is 2.08 bits per heavy atom. The van der Waals surface area contributed by atoms with Crippen LogP contribution in [0.3, 0.4) is 0 Å². The standard InChI is InChI=1S/C21H23NO2/c1-3-18(19-10-6-7-11-20(19)24-2)21(23)22-17-13-12-15-8-4-5-9-16(15)14-17/h5-7,9-14,18H,3-4,8H2,1-2H3,(H,22,23). The summed E-state index contributed by atoms with van der Waals surface area (Å²) < 4.78 is 5.41. The van der Waals surface area contributed by atoms with E-state index in [0.29, 0.717) is 0 Å². The van der Waals surface area contributed by atoms with Crippen molar-refractivity contribution >= 4 is 17.7 Å². The number of benzene rings is 2. The third-order valence-corrected chi connectivity index (χ3v) is 4.53. The van der Waals surface area contributed by atoms with Crippen molar-refractivity contribution in [2.75, 3.05) is 12.4 Å². The van der Waals surface area contributed by atoms with E-state index in [1.807, 2.05) is 37.3 Å². The lowest BCUT2D eigenvalue weighted by atomic mass is 9.94. The fraction of sp³-hybridized carbons (Fsp3) is 0.286. The van der Waals surface area contributed by atoms with Gasteiger partial charge in [0.1, 0.15) is 5.75 Å². The van der Waals surface area contributed by atoms with Crippen LogP contribution >= 0.6 is 0 Å². The van der Waals surface area contributed by atoms with Crippen molar-refractivity contribution in [3.05, 3.63) is 65.2 Å². The predicted octanol–water partition coefficient (Wildman–Crippen LogP) is 4.79. The summed E-state index contributed by atoms with van der Waals surface area (Å²) in [7, 11) is 1.64. The van der Waals surface area contributed by atoms with Crippen LogP contribution in [0.5, 0.6) is 5.75 Å². The van der Waals surface area contributed by atoms with Gasteiger partial charge in [0.15, 0.2) is 0 Å². The minimum absolute atomic E-state index is 0.00161. The summed E-state index contributed by atoms with van der Waals surface area (Å²) in [5.41, 5.74) is 4.31. The second kappa shape index (κ2) is 7.35. The Balaban J connectivity index is 1.81. The molecule has 24 heavy (non-hydrogen) atoms. The lowest BCUT2D eigenvalue weighted by molar-refractivity contribution is -0.117. The summed E-state index contributed by atoms with van der Waals surface area (Å²) in [6.45, 7) is 2.02. The third kappa shape index (κ3) is 3.35. The average molecular weight is 321 g/mol. The molecule has 3 rings (SSSR count). The Bertz CT molecular complexity index is 764. The molecule has 1 N–H and O–H groups in total. The van der Waals surface area contributed by atoms with Gasteiger partial charge in [-0.05, 0) is 48.6 Å². The van der Waals surface area contributed by atoms with E-state index < -0.39 is 0 Å². The van der Waals surface area contributed by atoms with Gasteiger partial charge in [-0.3, -0.25) is 4.79 Å². The van der Waals surface area contributed by atoms with Crippen molar-refractivity contribution in [3.8, 4) is 5.75 Å². The van der Waals surface area contributed by atoms with Crippen LogP contribution in [0.15, 0.2) is 48.5 Å². The summed E-state index contributed by atoms with van der Waals surface area (Å²) in [6, 6.07) is 13.9. The van der Waals surface area contributed by atoms with Crippen LogP contribution in [0.2, 0.25) is 0 Å². The van der Waals surface area contributed by atoms with E-state index in [4.69, 9.17) is 4.74 Å². The Hall–Kier alpha value is -2.55. The first-order chi connectivity index (χ1) is 11.7. The molecular weight excluding hydrogens is 298 g/mol. The molecule has 0 aromatic heterocycles. The molecule has 0 aliphatic heterocycles. The zero-order valence-corrected chi connectivity index (χ0v) is 14.2. The molecule has 0 radical (unpaired) electrons. The number of para-hydroxylation sites is 1. The normalized spacial score (nSPS) is 13.9. The fourth-order valence-electron chi connectivity index (χ4n) is 3.23. The molecule has 0 fully saturated rings. The van der Waals surface area contributed by atoms with E-state index >= 15 is 0 Å². The number of amides is 1. The lowest BCUT2D eigenvalue weighted by Crippen LogP contribution is -2.21. The van der Waals surface area contributed by atoms with Gasteiger partial charge >= 0.3 is 0 Å². The number of methoxy groups -OCH3 is 1. The van der Waals surface area contributed by atoms with Crippen LogP contribution in [-0.4, -0.2) is 13.0 Å². The number of rotatable bonds is 5. The molecule has 1 aliphatic carbocycles. The van der Waals surface area contributed by atoms with Gasteiger partial charge in [0, 0.05) is 11.3 Å². The minimum Gasteiger partial charge on any atom is -0.496 e. The molecule has 2 aromatic rings. The van der Waals surface area contributed by atoms with Gasteiger partial charge in [0.2, 0.25) is 5.91 Å². The Labute approximate surface area is 143 Å². The first kappa shape index (κ1) is 16.3. The number of allylic oxidation sites excluding steroid dienone is 1. The number of hydrogen-bond donors (Lipinski definition) is 1. The number of carbonyl (C=O) groups excluding carboxylic acids is 1. The molecule has 3 nitrogen and oxygen atoms in total. The maximum atomic E-state index is 12.8. The Morgan fingerprint density at radius 1 is 1.25 bits per heavy atom. The molecule has 0 saturated carbocycles. The van der Waals surface area contributed by atoms with Crippen LogP contribution in [0.4, 0.5) is 5.69 Å². The Kier molecular flexibility index (Phi) is 4.99. The monoisotopic (exact) mass is 321 g/mol. The van der Waals surface area contributed by atoms with E-state index in [-0.39, 0.29) is 11.8 Å². The molecule has 0 saturated heterocycles. The van der Waals surface area contributed by atoms with Crippen LogP contribution in [0, 0.1) is 0 Å². The average Bonchev–Trinajstić information content (AvgIpc) is 2.62. The predicted molar refractivity (Wildman–Crippen MR) is 98.5 cm³/mol. The zero-order chi connectivity index (χ0) is 16.9. The SMILES string of the molecule is CCC(C(=O)Nc1ccc2c(c1)C=CCC2)c1ccccc1OC. The van der Waals surface area contributed by atoms with Gasteiger partial charge < -0.3 is 10.1 Å². The second-order valence-electron chi connectivity index (χ2n) is 6.05. The molecule has 1 atom stereocenters. The fourth-order valence-corrected chi connectivity index (χ4v) is 3.23. The number of carbonyl (C=O) groups is 1. The highest BCUT2D eigenvalue weighted by Crippen LogP contribution is 2.30. The molecule has 0 bridgehead atoms. The van der Waals surface area contributed by atoms with Gasteiger partial charge in [0.05, 0.1) is 13.0 Å². The molecule has 0 heterocycles. The first-order valence-corrected chi connectivity index (χ1v) is 8.46. The number of anilines is 1. The first-order valence-electron chi connectivity index (χ1n) is 8.46. The number of aryl methyl sites for hydroxylation is 1. The molecule has 124 valence electrons. The molecule has 3 heteroatoms. The minimum atomic E-state index is -0.229. The van der Waals surface area contributed by atoms with Gasteiger partial charge in [-0.1, -0.05) is 43.3 Å². The molecule has 2 aromatic carbocycles. The highest BCUT2D eigenvalue weighted by atomic mass is 16.5. The number of fused-ring (bicyclic) bond motifs is 1. The van der Waals surface area contributed by atoms with E-state index in [9.17, 15) is 4.79 Å². The summed E-state index contributed by atoms with van der Waals surface area (Å²) in [4.78, 5) is 12.8. The highest BCUT2D eigenvalue weighted by molar-refractivity contribution is 5.96. The largest absolute Gasteiger partial charge is 0.496 e. The smallest absolute Gasteiger partial charge is 0.232 e. The second-order valence-corrected chi connectivity index (χ2v) is 6.05. The lowest BCUT2D eigenvalue weighted by Gasteiger charge is -2.19. The highest BCUT2D eigenvalue weighted by Gasteiger charge is 2.22. The van der Waals surface area contributed by atoms with Crippen molar-refractivity contribution in [2.24, 2.45) is 0 Å². The van der Waals surface area contributed by atoms with Crippen LogP contribution < -0.4 is 10.1 Å². The molecule has 1 unspecified atom stereocenters.